The van der Waals surface area contributed by atoms with Gasteiger partial charge in [-0.2, -0.15) is 0 Å². The van der Waals surface area contributed by atoms with E-state index in [1.165, 1.54) is 0 Å². The Bertz CT molecular complexity index is 339. The van der Waals surface area contributed by atoms with Crippen LogP contribution >= 0.6 is 11.8 Å². The predicted octanol–water partition coefficient (Wildman–Crippen LogP) is 1.48. The van der Waals surface area contributed by atoms with Gasteiger partial charge in [-0.05, 0) is 13.8 Å². The number of hydrogen-bond donors (Lipinski definition) is 1. The topological polar surface area (TPSA) is 50.4 Å². The number of oxazole rings is 1. The van der Waals surface area contributed by atoms with Gasteiger partial charge in [0.05, 0.1) is 18.0 Å². The molecule has 5 heteroatoms. The van der Waals surface area contributed by atoms with Gasteiger partial charge in [-0.3, -0.25) is 4.99 Å². The Kier molecular flexibility index (Phi) is 2.77. The fourth-order valence-electron chi connectivity index (χ4n) is 1.20. The third kappa shape index (κ3) is 2.09. The summed E-state index contributed by atoms with van der Waals surface area (Å²) < 4.78 is 5.46. The number of aryl methyl sites for hydroxylation is 2. The average molecular weight is 211 g/mol. The maximum absolute atomic E-state index is 5.46. The van der Waals surface area contributed by atoms with Crippen LogP contribution in [0.4, 0.5) is 0 Å². The predicted molar refractivity (Wildman–Crippen MR) is 57.6 cm³/mol. The molecule has 0 amide bonds. The Morgan fingerprint density at radius 2 is 2.36 bits per heavy atom. The molecule has 2 rings (SSSR count). The summed E-state index contributed by atoms with van der Waals surface area (Å²) in [5, 5.41) is 4.19. The van der Waals surface area contributed by atoms with Gasteiger partial charge in [0, 0.05) is 6.54 Å². The van der Waals surface area contributed by atoms with E-state index in [1.807, 2.05) is 13.8 Å². The highest BCUT2D eigenvalue weighted by Gasteiger charge is 2.09. The molecule has 0 fully saturated rings. The minimum absolute atomic E-state index is 0.751. The van der Waals surface area contributed by atoms with Crippen LogP contribution in [0, 0.1) is 13.8 Å². The first-order chi connectivity index (χ1) is 6.75. The molecular formula is C9H13N3OS. The minimum Gasteiger partial charge on any atom is -0.445 e. The summed E-state index contributed by atoms with van der Waals surface area (Å²) in [6.45, 7) is 5.72. The van der Waals surface area contributed by atoms with Crippen molar-refractivity contribution in [2.24, 2.45) is 4.99 Å². The number of thioether (sulfide) groups is 1. The van der Waals surface area contributed by atoms with Gasteiger partial charge in [-0.25, -0.2) is 4.98 Å². The first-order valence-corrected chi connectivity index (χ1v) is 5.58. The van der Waals surface area contributed by atoms with Crippen LogP contribution in [0.2, 0.25) is 0 Å². The molecule has 0 aliphatic carbocycles. The van der Waals surface area contributed by atoms with Gasteiger partial charge in [0.25, 0.3) is 0 Å². The summed E-state index contributed by atoms with van der Waals surface area (Å²) in [6.07, 6.45) is 0. The highest BCUT2D eigenvalue weighted by molar-refractivity contribution is 8.13. The number of hydrogen-bond acceptors (Lipinski definition) is 5. The molecule has 0 unspecified atom stereocenters. The Balaban J connectivity index is 1.91. The summed E-state index contributed by atoms with van der Waals surface area (Å²) in [5.41, 5.74) is 0.974. The van der Waals surface area contributed by atoms with Crippen LogP contribution < -0.4 is 5.32 Å². The third-order valence-electron chi connectivity index (χ3n) is 2.05. The van der Waals surface area contributed by atoms with Gasteiger partial charge >= 0.3 is 0 Å². The van der Waals surface area contributed by atoms with Crippen molar-refractivity contribution in [2.75, 3.05) is 13.1 Å². The lowest BCUT2D eigenvalue weighted by molar-refractivity contribution is 0.490. The number of nitrogens with one attached hydrogen (secondary N) is 1. The normalized spacial score (nSPS) is 15.4. The maximum atomic E-state index is 5.46. The van der Waals surface area contributed by atoms with Crippen LogP contribution in [0.15, 0.2) is 9.41 Å². The zero-order valence-electron chi connectivity index (χ0n) is 8.33. The summed E-state index contributed by atoms with van der Waals surface area (Å²) in [4.78, 5) is 8.58. The maximum Gasteiger partial charge on any atom is 0.205 e. The molecule has 1 aliphatic rings. The summed E-state index contributed by atoms with van der Waals surface area (Å²) in [6, 6.07) is 0. The molecule has 14 heavy (non-hydrogen) atoms. The van der Waals surface area contributed by atoms with Gasteiger partial charge in [-0.1, -0.05) is 11.8 Å². The molecular weight excluding hydrogens is 198 g/mol. The molecule has 2 heterocycles. The first-order valence-electron chi connectivity index (χ1n) is 4.60. The molecule has 0 aromatic carbocycles. The van der Waals surface area contributed by atoms with Crippen molar-refractivity contribution in [3.05, 3.63) is 17.3 Å². The molecule has 0 saturated carbocycles. The van der Waals surface area contributed by atoms with Crippen molar-refractivity contribution in [3.63, 3.8) is 0 Å². The molecule has 0 atom stereocenters. The zero-order chi connectivity index (χ0) is 9.97. The molecule has 1 N–H and O–H groups in total. The summed E-state index contributed by atoms with van der Waals surface area (Å²) in [5.74, 6) is 2.43. The largest absolute Gasteiger partial charge is 0.445 e. The number of rotatable bonds is 2. The van der Waals surface area contributed by atoms with E-state index in [0.717, 1.165) is 41.4 Å². The lowest BCUT2D eigenvalue weighted by Gasteiger charge is -1.97. The second-order valence-electron chi connectivity index (χ2n) is 3.15. The van der Waals surface area contributed by atoms with Crippen molar-refractivity contribution < 1.29 is 4.42 Å². The fraction of sp³-hybridized carbons (Fsp3) is 0.556. The van der Waals surface area contributed by atoms with Gasteiger partial charge in [0.1, 0.15) is 5.76 Å². The van der Waals surface area contributed by atoms with Crippen molar-refractivity contribution >= 4 is 16.9 Å². The van der Waals surface area contributed by atoms with E-state index in [-0.39, 0.29) is 0 Å². The van der Waals surface area contributed by atoms with Crippen molar-refractivity contribution in [1.82, 2.24) is 10.3 Å². The molecule has 1 aromatic rings. The van der Waals surface area contributed by atoms with Crippen LogP contribution in [0.3, 0.4) is 0 Å². The van der Waals surface area contributed by atoms with E-state index in [9.17, 15) is 0 Å². The van der Waals surface area contributed by atoms with E-state index in [0.29, 0.717) is 0 Å². The lowest BCUT2D eigenvalue weighted by atomic mass is 10.4. The first kappa shape index (κ1) is 9.58. The second kappa shape index (κ2) is 4.04. The Hall–Kier alpha value is -0.970. The molecule has 1 aromatic heterocycles. The SMILES string of the molecule is Cc1nc(CSC2=NCCN2)oc1C. The molecule has 0 spiro atoms. The minimum atomic E-state index is 0.751. The quantitative estimate of drug-likeness (QED) is 0.805. The van der Waals surface area contributed by atoms with Crippen molar-refractivity contribution in [1.29, 1.82) is 0 Å². The van der Waals surface area contributed by atoms with E-state index in [2.05, 4.69) is 15.3 Å². The third-order valence-corrected chi connectivity index (χ3v) is 2.99. The fourth-order valence-corrected chi connectivity index (χ4v) is 1.97. The van der Waals surface area contributed by atoms with Crippen molar-refractivity contribution in [2.45, 2.75) is 19.6 Å². The Morgan fingerprint density at radius 3 is 2.93 bits per heavy atom. The lowest BCUT2D eigenvalue weighted by Crippen LogP contribution is -2.15. The van der Waals surface area contributed by atoms with Crippen LogP contribution in [0.25, 0.3) is 0 Å². The Morgan fingerprint density at radius 1 is 1.50 bits per heavy atom. The standard InChI is InChI=1S/C9H13N3OS/c1-6-7(2)13-8(12-6)5-14-9-10-3-4-11-9/h3-5H2,1-2H3,(H,10,11). The van der Waals surface area contributed by atoms with Gasteiger partial charge in [0.15, 0.2) is 5.17 Å². The second-order valence-corrected chi connectivity index (χ2v) is 4.12. The molecule has 1 aliphatic heterocycles. The van der Waals surface area contributed by atoms with Gasteiger partial charge < -0.3 is 9.73 Å². The highest BCUT2D eigenvalue weighted by atomic mass is 32.2. The number of amidine groups is 1. The van der Waals surface area contributed by atoms with Gasteiger partial charge in [-0.15, -0.1) is 0 Å². The molecule has 0 bridgehead atoms. The van der Waals surface area contributed by atoms with Gasteiger partial charge in [0.2, 0.25) is 5.89 Å². The summed E-state index contributed by atoms with van der Waals surface area (Å²) in [7, 11) is 0. The number of aliphatic imine (C=N–C) groups is 1. The highest BCUT2D eigenvalue weighted by Crippen LogP contribution is 2.16. The van der Waals surface area contributed by atoms with Crippen LogP contribution in [0.1, 0.15) is 17.3 Å². The molecule has 4 nitrogen and oxygen atoms in total. The van der Waals surface area contributed by atoms with Crippen molar-refractivity contribution in [3.8, 4) is 0 Å². The van der Waals surface area contributed by atoms with Crippen LogP contribution in [0.5, 0.6) is 0 Å². The molecule has 0 radical (unpaired) electrons. The van der Waals surface area contributed by atoms with E-state index < -0.39 is 0 Å². The van der Waals surface area contributed by atoms with E-state index in [1.54, 1.807) is 11.8 Å². The smallest absolute Gasteiger partial charge is 0.205 e. The zero-order valence-corrected chi connectivity index (χ0v) is 9.15. The molecule has 76 valence electrons. The van der Waals surface area contributed by atoms with E-state index >= 15 is 0 Å². The Labute approximate surface area is 87.2 Å². The number of aromatic nitrogens is 1. The van der Waals surface area contributed by atoms with E-state index in [4.69, 9.17) is 4.42 Å². The monoisotopic (exact) mass is 211 g/mol. The molecule has 0 saturated heterocycles. The number of nitrogens with zero attached hydrogens (tertiary/aromatic N) is 2. The van der Waals surface area contributed by atoms with Crippen LogP contribution in [-0.4, -0.2) is 23.2 Å². The summed E-state index contributed by atoms with van der Waals surface area (Å²) >= 11 is 1.64. The average Bonchev–Trinajstić information content (AvgIpc) is 2.74. The van der Waals surface area contributed by atoms with Crippen LogP contribution in [-0.2, 0) is 5.75 Å².